The molecular formula is C24H50O. The fraction of sp³-hybridized carbons (Fsp3) is 1.00. The summed E-state index contributed by atoms with van der Waals surface area (Å²) in [4.78, 5) is 0. The van der Waals surface area contributed by atoms with E-state index in [1.54, 1.807) is 0 Å². The van der Waals surface area contributed by atoms with Gasteiger partial charge in [-0.25, -0.2) is 0 Å². The molecule has 0 amide bonds. The van der Waals surface area contributed by atoms with Gasteiger partial charge in [0.2, 0.25) is 0 Å². The van der Waals surface area contributed by atoms with E-state index in [9.17, 15) is 5.11 Å². The van der Waals surface area contributed by atoms with Crippen LogP contribution in [-0.2, 0) is 0 Å². The quantitative estimate of drug-likeness (QED) is 0.231. The first-order chi connectivity index (χ1) is 12.1. The molecule has 0 fully saturated rings. The van der Waals surface area contributed by atoms with Crippen LogP contribution in [0.3, 0.4) is 0 Å². The highest BCUT2D eigenvalue weighted by Crippen LogP contribution is 2.37. The Morgan fingerprint density at radius 3 is 1.36 bits per heavy atom. The maximum Gasteiger partial charge on any atom is 0.0593 e. The van der Waals surface area contributed by atoms with Crippen LogP contribution in [0.1, 0.15) is 143 Å². The van der Waals surface area contributed by atoms with Gasteiger partial charge >= 0.3 is 0 Å². The lowest BCUT2D eigenvalue weighted by molar-refractivity contribution is 0.0126. The summed E-state index contributed by atoms with van der Waals surface area (Å²) in [6, 6.07) is 0. The lowest BCUT2D eigenvalue weighted by Crippen LogP contribution is -2.32. The Morgan fingerprint density at radius 2 is 0.920 bits per heavy atom. The van der Waals surface area contributed by atoms with Crippen LogP contribution >= 0.6 is 0 Å². The Bertz CT molecular complexity index is 245. The molecule has 1 nitrogen and oxygen atoms in total. The van der Waals surface area contributed by atoms with E-state index in [0.29, 0.717) is 0 Å². The average molecular weight is 355 g/mol. The van der Waals surface area contributed by atoms with E-state index in [4.69, 9.17) is 0 Å². The monoisotopic (exact) mass is 354 g/mol. The van der Waals surface area contributed by atoms with Gasteiger partial charge in [-0.3, -0.25) is 0 Å². The van der Waals surface area contributed by atoms with Crippen LogP contribution in [0.2, 0.25) is 0 Å². The zero-order chi connectivity index (χ0) is 18.8. The van der Waals surface area contributed by atoms with Crippen molar-refractivity contribution >= 4 is 0 Å². The van der Waals surface area contributed by atoms with Crippen LogP contribution in [0, 0.1) is 5.41 Å². The fourth-order valence-electron chi connectivity index (χ4n) is 4.01. The Labute approximate surface area is 160 Å². The van der Waals surface area contributed by atoms with Gasteiger partial charge in [-0.05, 0) is 24.7 Å². The number of hydrogen-bond acceptors (Lipinski definition) is 1. The largest absolute Gasteiger partial charge is 0.393 e. The van der Waals surface area contributed by atoms with Gasteiger partial charge in [-0.15, -0.1) is 0 Å². The first-order valence-corrected chi connectivity index (χ1v) is 11.8. The van der Waals surface area contributed by atoms with Crippen molar-refractivity contribution in [2.45, 2.75) is 149 Å². The lowest BCUT2D eigenvalue weighted by Gasteiger charge is -2.35. The molecule has 0 spiro atoms. The third-order valence-corrected chi connectivity index (χ3v) is 6.09. The smallest absolute Gasteiger partial charge is 0.0593 e. The van der Waals surface area contributed by atoms with E-state index in [1.165, 1.54) is 109 Å². The van der Waals surface area contributed by atoms with E-state index < -0.39 is 0 Å². The summed E-state index contributed by atoms with van der Waals surface area (Å²) in [5.74, 6) is 0. The Morgan fingerprint density at radius 1 is 0.560 bits per heavy atom. The van der Waals surface area contributed by atoms with Crippen molar-refractivity contribution < 1.29 is 5.11 Å². The third-order valence-electron chi connectivity index (χ3n) is 6.09. The minimum atomic E-state index is -0.0923. The van der Waals surface area contributed by atoms with Crippen molar-refractivity contribution in [3.8, 4) is 0 Å². The van der Waals surface area contributed by atoms with Crippen LogP contribution in [0.4, 0.5) is 0 Å². The number of hydrogen-bond donors (Lipinski definition) is 1. The van der Waals surface area contributed by atoms with Crippen molar-refractivity contribution in [3.05, 3.63) is 0 Å². The number of unbranched alkanes of at least 4 members (excludes halogenated alkanes) is 12. The zero-order valence-electron chi connectivity index (χ0n) is 18.3. The summed E-state index contributed by atoms with van der Waals surface area (Å²) in [6.45, 7) is 9.19. The van der Waals surface area contributed by atoms with Crippen LogP contribution in [-0.4, -0.2) is 11.2 Å². The second kappa shape index (κ2) is 17.4. The van der Waals surface area contributed by atoms with Gasteiger partial charge in [-0.1, -0.05) is 124 Å². The molecule has 0 aliphatic carbocycles. The molecule has 0 aromatic rings. The molecule has 25 heavy (non-hydrogen) atoms. The van der Waals surface area contributed by atoms with Gasteiger partial charge < -0.3 is 5.11 Å². The van der Waals surface area contributed by atoms with Gasteiger partial charge in [0.1, 0.15) is 0 Å². The molecule has 0 aliphatic heterocycles. The maximum atomic E-state index is 10.9. The molecule has 0 aliphatic rings. The average Bonchev–Trinajstić information content (AvgIpc) is 2.61. The SMILES string of the molecule is CCCCCCCCC(C)(CCCCCCCC)C(O)CCCCC. The van der Waals surface area contributed by atoms with Crippen LogP contribution in [0.25, 0.3) is 0 Å². The summed E-state index contributed by atoms with van der Waals surface area (Å²) in [5, 5.41) is 10.9. The van der Waals surface area contributed by atoms with Crippen molar-refractivity contribution in [1.29, 1.82) is 0 Å². The molecule has 0 rings (SSSR count). The maximum absolute atomic E-state index is 10.9. The second-order valence-corrected chi connectivity index (χ2v) is 8.70. The van der Waals surface area contributed by atoms with Gasteiger partial charge in [0.25, 0.3) is 0 Å². The number of rotatable bonds is 19. The molecule has 0 saturated carbocycles. The minimum Gasteiger partial charge on any atom is -0.393 e. The van der Waals surface area contributed by atoms with E-state index in [1.807, 2.05) is 0 Å². The topological polar surface area (TPSA) is 20.2 Å². The number of aliphatic hydroxyl groups excluding tert-OH is 1. The molecule has 0 radical (unpaired) electrons. The molecule has 1 heteroatoms. The molecule has 1 N–H and O–H groups in total. The van der Waals surface area contributed by atoms with Crippen LogP contribution < -0.4 is 0 Å². The van der Waals surface area contributed by atoms with Crippen molar-refractivity contribution in [2.75, 3.05) is 0 Å². The van der Waals surface area contributed by atoms with Crippen molar-refractivity contribution in [2.24, 2.45) is 5.41 Å². The lowest BCUT2D eigenvalue weighted by atomic mass is 9.73. The molecule has 0 aromatic heterocycles. The summed E-state index contributed by atoms with van der Waals surface area (Å²) < 4.78 is 0. The molecular weight excluding hydrogens is 304 g/mol. The van der Waals surface area contributed by atoms with Crippen LogP contribution in [0.5, 0.6) is 0 Å². The molecule has 1 atom stereocenters. The molecule has 152 valence electrons. The fourth-order valence-corrected chi connectivity index (χ4v) is 4.01. The van der Waals surface area contributed by atoms with Crippen LogP contribution in [0.15, 0.2) is 0 Å². The summed E-state index contributed by atoms with van der Waals surface area (Å²) in [6.07, 6.45) is 23.4. The highest BCUT2D eigenvalue weighted by molar-refractivity contribution is 4.82. The van der Waals surface area contributed by atoms with Crippen molar-refractivity contribution in [1.82, 2.24) is 0 Å². The van der Waals surface area contributed by atoms with Gasteiger partial charge in [0.05, 0.1) is 6.10 Å². The van der Waals surface area contributed by atoms with Crippen molar-refractivity contribution in [3.63, 3.8) is 0 Å². The summed E-state index contributed by atoms with van der Waals surface area (Å²) in [7, 11) is 0. The first kappa shape index (κ1) is 25.0. The van der Waals surface area contributed by atoms with Gasteiger partial charge in [-0.2, -0.15) is 0 Å². The highest BCUT2D eigenvalue weighted by Gasteiger charge is 2.31. The van der Waals surface area contributed by atoms with Gasteiger partial charge in [0, 0.05) is 0 Å². The Kier molecular flexibility index (Phi) is 17.3. The zero-order valence-corrected chi connectivity index (χ0v) is 18.3. The standard InChI is InChI=1S/C24H50O/c1-5-8-11-13-15-18-21-24(4,23(25)20-17-10-7-3)22-19-16-14-12-9-6-2/h23,25H,5-22H2,1-4H3. The molecule has 1 unspecified atom stereocenters. The first-order valence-electron chi connectivity index (χ1n) is 11.8. The molecule has 0 aromatic carbocycles. The minimum absolute atomic E-state index is 0.0923. The van der Waals surface area contributed by atoms with E-state index >= 15 is 0 Å². The van der Waals surface area contributed by atoms with Gasteiger partial charge in [0.15, 0.2) is 0 Å². The third kappa shape index (κ3) is 13.8. The molecule has 0 heterocycles. The van der Waals surface area contributed by atoms with E-state index in [2.05, 4.69) is 27.7 Å². The predicted molar refractivity (Wildman–Crippen MR) is 114 cm³/mol. The van der Waals surface area contributed by atoms with E-state index in [-0.39, 0.29) is 11.5 Å². The normalized spacial score (nSPS) is 13.3. The summed E-state index contributed by atoms with van der Waals surface area (Å²) >= 11 is 0. The summed E-state index contributed by atoms with van der Waals surface area (Å²) in [5.41, 5.74) is 0.156. The highest BCUT2D eigenvalue weighted by atomic mass is 16.3. The number of aliphatic hydroxyl groups is 1. The van der Waals surface area contributed by atoms with E-state index in [0.717, 1.165) is 6.42 Å². The molecule has 0 saturated heterocycles. The second-order valence-electron chi connectivity index (χ2n) is 8.70. The Hall–Kier alpha value is -0.0400. The predicted octanol–water partition coefficient (Wildman–Crippen LogP) is 8.44. The molecule has 0 bridgehead atoms. The Balaban J connectivity index is 4.22.